The largest absolute Gasteiger partial charge is 0.388 e. The Morgan fingerprint density at radius 1 is 1.00 bits per heavy atom. The molecule has 2 saturated heterocycles. The van der Waals surface area contributed by atoms with Crippen molar-refractivity contribution in [2.75, 3.05) is 6.61 Å². The normalized spacial score (nSPS) is 34.4. The van der Waals surface area contributed by atoms with Crippen LogP contribution in [0.15, 0.2) is 46.7 Å². The Bertz CT molecular complexity index is 601. The van der Waals surface area contributed by atoms with Crippen molar-refractivity contribution < 1.29 is 24.1 Å². The van der Waals surface area contributed by atoms with Crippen LogP contribution < -0.4 is 0 Å². The highest BCUT2D eigenvalue weighted by molar-refractivity contribution is 8.02. The summed E-state index contributed by atoms with van der Waals surface area (Å²) >= 11 is 1.61. The molecule has 0 aromatic heterocycles. The monoisotopic (exact) mass is 366 g/mol. The van der Waals surface area contributed by atoms with Gasteiger partial charge in [0.1, 0.15) is 24.4 Å². The lowest BCUT2D eigenvalue weighted by Gasteiger charge is -2.41. The molecule has 0 spiro atoms. The van der Waals surface area contributed by atoms with Gasteiger partial charge in [0.05, 0.1) is 6.61 Å². The lowest BCUT2D eigenvalue weighted by Crippen LogP contribution is -2.55. The average Bonchev–Trinajstić information content (AvgIpc) is 2.85. The van der Waals surface area contributed by atoms with E-state index in [1.165, 1.54) is 0 Å². The SMILES string of the molecule is CC1(C)OC[C@@H](O)[C@H]([C@@H]2OC(C)(C)O[C@H]2/C=C\Sc2ccccc2)O1. The standard InChI is InChI=1S/C19H26O5S/c1-18(2)21-12-14(20)16(23-18)17-15(22-19(3,4)24-17)10-11-25-13-8-6-5-7-9-13/h5-11,14-17,20H,12H2,1-4H3/b11-10-/t14-,15+,16-,17-/m1/s1. The van der Waals surface area contributed by atoms with Gasteiger partial charge >= 0.3 is 0 Å². The zero-order chi connectivity index (χ0) is 18.1. The topological polar surface area (TPSA) is 57.2 Å². The van der Waals surface area contributed by atoms with E-state index in [1.54, 1.807) is 11.8 Å². The molecule has 5 nitrogen and oxygen atoms in total. The fraction of sp³-hybridized carbons (Fsp3) is 0.579. The molecule has 2 fully saturated rings. The third-order valence-electron chi connectivity index (χ3n) is 4.10. The summed E-state index contributed by atoms with van der Waals surface area (Å²) < 4.78 is 23.5. The highest BCUT2D eigenvalue weighted by Gasteiger charge is 2.50. The Hall–Kier alpha value is -0.890. The average molecular weight is 366 g/mol. The van der Waals surface area contributed by atoms with Crippen molar-refractivity contribution in [3.63, 3.8) is 0 Å². The minimum atomic E-state index is -0.757. The van der Waals surface area contributed by atoms with E-state index in [-0.39, 0.29) is 12.7 Å². The first-order chi connectivity index (χ1) is 11.8. The number of thioether (sulfide) groups is 1. The van der Waals surface area contributed by atoms with Gasteiger partial charge in [0.25, 0.3) is 0 Å². The van der Waals surface area contributed by atoms with Gasteiger partial charge in [-0.2, -0.15) is 0 Å². The van der Waals surface area contributed by atoms with Crippen LogP contribution in [-0.4, -0.2) is 47.7 Å². The smallest absolute Gasteiger partial charge is 0.164 e. The van der Waals surface area contributed by atoms with Crippen LogP contribution in [0.5, 0.6) is 0 Å². The summed E-state index contributed by atoms with van der Waals surface area (Å²) in [5.41, 5.74) is 0. The van der Waals surface area contributed by atoms with Gasteiger partial charge in [-0.15, -0.1) is 0 Å². The van der Waals surface area contributed by atoms with Crippen LogP contribution in [-0.2, 0) is 18.9 Å². The third kappa shape index (κ3) is 4.84. The molecule has 0 saturated carbocycles. The molecule has 2 heterocycles. The number of aliphatic hydroxyl groups is 1. The van der Waals surface area contributed by atoms with Gasteiger partial charge in [0.15, 0.2) is 11.6 Å². The van der Waals surface area contributed by atoms with Crippen LogP contribution in [0.3, 0.4) is 0 Å². The predicted octanol–water partition coefficient (Wildman–Crippen LogP) is 3.32. The molecule has 2 aliphatic heterocycles. The number of hydrogen-bond donors (Lipinski definition) is 1. The molecular formula is C19H26O5S. The Morgan fingerprint density at radius 3 is 2.40 bits per heavy atom. The minimum absolute atomic E-state index is 0.215. The first kappa shape index (κ1) is 18.9. The van der Waals surface area contributed by atoms with Gasteiger partial charge in [0.2, 0.25) is 0 Å². The molecule has 0 aliphatic carbocycles. The Morgan fingerprint density at radius 2 is 1.68 bits per heavy atom. The van der Waals surface area contributed by atoms with Crippen molar-refractivity contribution in [3.8, 4) is 0 Å². The van der Waals surface area contributed by atoms with Crippen molar-refractivity contribution in [1.29, 1.82) is 0 Å². The van der Waals surface area contributed by atoms with Crippen molar-refractivity contribution in [2.45, 2.75) is 68.6 Å². The Balaban J connectivity index is 1.72. The maximum Gasteiger partial charge on any atom is 0.164 e. The van der Waals surface area contributed by atoms with Gasteiger partial charge in [-0.1, -0.05) is 30.0 Å². The maximum absolute atomic E-state index is 10.3. The van der Waals surface area contributed by atoms with E-state index in [2.05, 4.69) is 12.1 Å². The fourth-order valence-electron chi connectivity index (χ4n) is 3.02. The molecule has 3 rings (SSSR count). The van der Waals surface area contributed by atoms with E-state index in [4.69, 9.17) is 18.9 Å². The van der Waals surface area contributed by atoms with Crippen molar-refractivity contribution in [2.24, 2.45) is 0 Å². The minimum Gasteiger partial charge on any atom is -0.388 e. The number of ether oxygens (including phenoxy) is 4. The third-order valence-corrected chi connectivity index (χ3v) is 4.94. The number of hydrogen-bond acceptors (Lipinski definition) is 6. The van der Waals surface area contributed by atoms with Gasteiger partial charge < -0.3 is 24.1 Å². The van der Waals surface area contributed by atoms with Gasteiger partial charge in [0, 0.05) is 4.90 Å². The fourth-order valence-corrected chi connectivity index (χ4v) is 3.73. The second-order valence-electron chi connectivity index (χ2n) is 7.18. The molecule has 0 amide bonds. The summed E-state index contributed by atoms with van der Waals surface area (Å²) in [5.74, 6) is -1.49. The van der Waals surface area contributed by atoms with E-state index in [9.17, 15) is 5.11 Å². The molecule has 0 bridgehead atoms. The molecule has 1 aromatic rings. The number of rotatable bonds is 4. The molecule has 6 heteroatoms. The van der Waals surface area contributed by atoms with Crippen LogP contribution >= 0.6 is 11.8 Å². The van der Waals surface area contributed by atoms with Crippen LogP contribution in [0.1, 0.15) is 27.7 Å². The highest BCUT2D eigenvalue weighted by atomic mass is 32.2. The molecule has 2 aliphatic rings. The first-order valence-electron chi connectivity index (χ1n) is 8.50. The summed E-state index contributed by atoms with van der Waals surface area (Å²) in [6.07, 6.45) is -0.00836. The van der Waals surface area contributed by atoms with Crippen molar-refractivity contribution in [3.05, 3.63) is 41.8 Å². The molecule has 25 heavy (non-hydrogen) atoms. The van der Waals surface area contributed by atoms with Crippen LogP contribution in [0.4, 0.5) is 0 Å². The lowest BCUT2D eigenvalue weighted by atomic mass is 10.0. The van der Waals surface area contributed by atoms with E-state index in [1.807, 2.05) is 57.4 Å². The molecule has 0 radical (unpaired) electrons. The molecule has 4 atom stereocenters. The molecule has 1 aromatic carbocycles. The lowest BCUT2D eigenvalue weighted by molar-refractivity contribution is -0.322. The zero-order valence-electron chi connectivity index (χ0n) is 15.0. The van der Waals surface area contributed by atoms with Crippen molar-refractivity contribution in [1.82, 2.24) is 0 Å². The van der Waals surface area contributed by atoms with E-state index in [0.717, 1.165) is 4.90 Å². The van der Waals surface area contributed by atoms with E-state index in [0.29, 0.717) is 0 Å². The Labute approximate surface area is 153 Å². The Kier molecular flexibility index (Phi) is 5.58. The predicted molar refractivity (Wildman–Crippen MR) is 96.2 cm³/mol. The van der Waals surface area contributed by atoms with Gasteiger partial charge in [-0.05, 0) is 51.3 Å². The number of aliphatic hydroxyl groups excluding tert-OH is 1. The van der Waals surface area contributed by atoms with Crippen LogP contribution in [0.25, 0.3) is 0 Å². The summed E-state index contributed by atoms with van der Waals surface area (Å²) in [4.78, 5) is 1.15. The molecule has 1 N–H and O–H groups in total. The maximum atomic E-state index is 10.3. The summed E-state index contributed by atoms with van der Waals surface area (Å²) in [7, 11) is 0. The van der Waals surface area contributed by atoms with E-state index < -0.39 is 29.9 Å². The quantitative estimate of drug-likeness (QED) is 0.825. The molecule has 0 unspecified atom stereocenters. The highest BCUT2D eigenvalue weighted by Crippen LogP contribution is 2.36. The van der Waals surface area contributed by atoms with Crippen LogP contribution in [0, 0.1) is 0 Å². The van der Waals surface area contributed by atoms with Crippen molar-refractivity contribution >= 4 is 11.8 Å². The number of benzene rings is 1. The zero-order valence-corrected chi connectivity index (χ0v) is 15.9. The van der Waals surface area contributed by atoms with E-state index >= 15 is 0 Å². The summed E-state index contributed by atoms with van der Waals surface area (Å²) in [5, 5.41) is 12.3. The summed E-state index contributed by atoms with van der Waals surface area (Å²) in [6, 6.07) is 10.1. The summed E-state index contributed by atoms with van der Waals surface area (Å²) in [6.45, 7) is 7.63. The van der Waals surface area contributed by atoms with Gasteiger partial charge in [-0.25, -0.2) is 0 Å². The second-order valence-corrected chi connectivity index (χ2v) is 8.16. The van der Waals surface area contributed by atoms with Crippen LogP contribution in [0.2, 0.25) is 0 Å². The first-order valence-corrected chi connectivity index (χ1v) is 9.38. The second kappa shape index (κ2) is 7.39. The van der Waals surface area contributed by atoms with Gasteiger partial charge in [-0.3, -0.25) is 0 Å². The molecular weight excluding hydrogens is 340 g/mol. The molecule has 138 valence electrons.